The number of hydrazone groups is 1. The van der Waals surface area contributed by atoms with Gasteiger partial charge in [0, 0.05) is 10.7 Å². The van der Waals surface area contributed by atoms with Gasteiger partial charge in [-0.1, -0.05) is 11.6 Å². The zero-order chi connectivity index (χ0) is 17.5. The average molecular weight is 346 g/mol. The van der Waals surface area contributed by atoms with Crippen molar-refractivity contribution >= 4 is 35.3 Å². The van der Waals surface area contributed by atoms with Crippen molar-refractivity contribution in [2.24, 2.45) is 5.10 Å². The lowest BCUT2D eigenvalue weighted by atomic mass is 10.2. The van der Waals surface area contributed by atoms with Crippen LogP contribution in [-0.2, 0) is 9.59 Å². The number of hydrogen-bond donors (Lipinski definition) is 2. The van der Waals surface area contributed by atoms with E-state index in [1.165, 1.54) is 6.21 Å². The van der Waals surface area contributed by atoms with Crippen LogP contribution in [0.15, 0.2) is 47.6 Å². The van der Waals surface area contributed by atoms with E-state index >= 15 is 0 Å². The Bertz CT molecular complexity index is 773. The van der Waals surface area contributed by atoms with E-state index in [1.54, 1.807) is 56.5 Å². The Hall–Kier alpha value is -2.86. The molecule has 0 aliphatic heterocycles. The standard InChI is InChI=1S/C17H16ClN3O3/c1-11-9-13(18)5-8-15(11)20-16(22)17(23)21-19-10-12-3-6-14(24-2)7-4-12/h3-10H,1-2H3,(H,20,22)(H,21,23)/b19-10-. The van der Waals surface area contributed by atoms with Gasteiger partial charge in [-0.3, -0.25) is 9.59 Å². The van der Waals surface area contributed by atoms with E-state index in [9.17, 15) is 9.59 Å². The van der Waals surface area contributed by atoms with E-state index in [0.717, 1.165) is 11.1 Å². The minimum absolute atomic E-state index is 0.513. The number of carbonyl (C=O) groups is 2. The predicted octanol–water partition coefficient (Wildman–Crippen LogP) is 2.75. The largest absolute Gasteiger partial charge is 0.497 e. The highest BCUT2D eigenvalue weighted by molar-refractivity contribution is 6.39. The van der Waals surface area contributed by atoms with Crippen molar-refractivity contribution in [3.8, 4) is 5.75 Å². The molecule has 0 spiro atoms. The minimum atomic E-state index is -0.867. The number of anilines is 1. The smallest absolute Gasteiger partial charge is 0.329 e. The van der Waals surface area contributed by atoms with Gasteiger partial charge in [-0.15, -0.1) is 0 Å². The number of ether oxygens (including phenoxy) is 1. The fourth-order valence-corrected chi connectivity index (χ4v) is 2.08. The number of nitrogens with one attached hydrogen (secondary N) is 2. The van der Waals surface area contributed by atoms with Crippen LogP contribution >= 0.6 is 11.6 Å². The second-order valence-corrected chi connectivity index (χ2v) is 5.32. The van der Waals surface area contributed by atoms with E-state index < -0.39 is 11.8 Å². The van der Waals surface area contributed by atoms with Crippen molar-refractivity contribution in [1.29, 1.82) is 0 Å². The van der Waals surface area contributed by atoms with Gasteiger partial charge in [-0.25, -0.2) is 5.43 Å². The molecule has 0 saturated carbocycles. The molecule has 0 aliphatic rings. The summed E-state index contributed by atoms with van der Waals surface area (Å²) in [5.74, 6) is -0.963. The lowest BCUT2D eigenvalue weighted by molar-refractivity contribution is -0.136. The molecule has 6 nitrogen and oxygen atoms in total. The third kappa shape index (κ3) is 4.82. The van der Waals surface area contributed by atoms with E-state index in [1.807, 2.05) is 0 Å². The fraction of sp³-hybridized carbons (Fsp3) is 0.118. The number of methoxy groups -OCH3 is 1. The zero-order valence-electron chi connectivity index (χ0n) is 13.2. The molecule has 2 rings (SSSR count). The molecule has 0 heterocycles. The minimum Gasteiger partial charge on any atom is -0.497 e. The second-order valence-electron chi connectivity index (χ2n) is 4.89. The quantitative estimate of drug-likeness (QED) is 0.508. The van der Waals surface area contributed by atoms with Gasteiger partial charge >= 0.3 is 11.8 Å². The molecular formula is C17H16ClN3O3. The zero-order valence-corrected chi connectivity index (χ0v) is 13.9. The summed E-state index contributed by atoms with van der Waals surface area (Å²) in [7, 11) is 1.57. The maximum Gasteiger partial charge on any atom is 0.329 e. The topological polar surface area (TPSA) is 79.8 Å². The van der Waals surface area contributed by atoms with Crippen molar-refractivity contribution < 1.29 is 14.3 Å². The summed E-state index contributed by atoms with van der Waals surface area (Å²) >= 11 is 5.84. The van der Waals surface area contributed by atoms with Gasteiger partial charge < -0.3 is 10.1 Å². The molecule has 0 unspecified atom stereocenters. The molecule has 0 bridgehead atoms. The number of nitrogens with zero attached hydrogens (tertiary/aromatic N) is 1. The number of benzene rings is 2. The van der Waals surface area contributed by atoms with Crippen LogP contribution in [0.2, 0.25) is 5.02 Å². The number of amides is 2. The first kappa shape index (κ1) is 17.5. The third-order valence-corrected chi connectivity index (χ3v) is 3.37. The molecule has 0 aliphatic carbocycles. The molecule has 124 valence electrons. The van der Waals surface area contributed by atoms with Crippen LogP contribution in [-0.4, -0.2) is 25.1 Å². The molecule has 2 aromatic carbocycles. The van der Waals surface area contributed by atoms with Crippen LogP contribution in [0, 0.1) is 6.92 Å². The van der Waals surface area contributed by atoms with Gasteiger partial charge in [0.2, 0.25) is 0 Å². The first-order valence-corrected chi connectivity index (χ1v) is 7.42. The Morgan fingerprint density at radius 2 is 1.83 bits per heavy atom. The summed E-state index contributed by atoms with van der Waals surface area (Å²) in [6.07, 6.45) is 1.43. The third-order valence-electron chi connectivity index (χ3n) is 3.14. The Morgan fingerprint density at radius 1 is 1.12 bits per heavy atom. The Morgan fingerprint density at radius 3 is 2.46 bits per heavy atom. The number of halogens is 1. The molecule has 0 saturated heterocycles. The summed E-state index contributed by atoms with van der Waals surface area (Å²) in [4.78, 5) is 23.6. The highest BCUT2D eigenvalue weighted by Crippen LogP contribution is 2.19. The van der Waals surface area contributed by atoms with Gasteiger partial charge in [0.15, 0.2) is 0 Å². The molecule has 2 aromatic rings. The number of carbonyl (C=O) groups excluding carboxylic acids is 2. The van der Waals surface area contributed by atoms with E-state index in [2.05, 4.69) is 15.8 Å². The van der Waals surface area contributed by atoms with Gasteiger partial charge in [-0.2, -0.15) is 5.10 Å². The van der Waals surface area contributed by atoms with Crippen LogP contribution in [0.3, 0.4) is 0 Å². The highest BCUT2D eigenvalue weighted by Gasteiger charge is 2.13. The Labute approximate surface area is 144 Å². The molecule has 0 aromatic heterocycles. The lowest BCUT2D eigenvalue weighted by Crippen LogP contribution is -2.32. The van der Waals surface area contributed by atoms with Crippen LogP contribution in [0.4, 0.5) is 5.69 Å². The van der Waals surface area contributed by atoms with Gasteiger partial charge in [0.05, 0.1) is 13.3 Å². The average Bonchev–Trinajstić information content (AvgIpc) is 2.57. The SMILES string of the molecule is COc1ccc(/C=N\NC(=O)C(=O)Nc2ccc(Cl)cc2C)cc1. The summed E-state index contributed by atoms with van der Waals surface area (Å²) in [5, 5.41) is 6.80. The van der Waals surface area contributed by atoms with Crippen LogP contribution < -0.4 is 15.5 Å². The number of aryl methyl sites for hydroxylation is 1. The first-order chi connectivity index (χ1) is 11.5. The van der Waals surface area contributed by atoms with E-state index in [4.69, 9.17) is 16.3 Å². The highest BCUT2D eigenvalue weighted by atomic mass is 35.5. The predicted molar refractivity (Wildman–Crippen MR) is 93.5 cm³/mol. The normalized spacial score (nSPS) is 10.5. The molecule has 0 fully saturated rings. The molecule has 24 heavy (non-hydrogen) atoms. The van der Waals surface area contributed by atoms with E-state index in [0.29, 0.717) is 16.5 Å². The Balaban J connectivity index is 1.91. The van der Waals surface area contributed by atoms with Crippen molar-refractivity contribution in [3.63, 3.8) is 0 Å². The van der Waals surface area contributed by atoms with Crippen LogP contribution in [0.25, 0.3) is 0 Å². The maximum atomic E-state index is 11.8. The van der Waals surface area contributed by atoms with Crippen molar-refractivity contribution in [2.75, 3.05) is 12.4 Å². The van der Waals surface area contributed by atoms with Gasteiger partial charge in [-0.05, 0) is 60.5 Å². The molecule has 7 heteroatoms. The number of hydrogen-bond acceptors (Lipinski definition) is 4. The summed E-state index contributed by atoms with van der Waals surface area (Å²) < 4.78 is 5.04. The summed E-state index contributed by atoms with van der Waals surface area (Å²) in [6.45, 7) is 1.78. The van der Waals surface area contributed by atoms with Crippen molar-refractivity contribution in [1.82, 2.24) is 5.43 Å². The van der Waals surface area contributed by atoms with Crippen molar-refractivity contribution in [2.45, 2.75) is 6.92 Å². The lowest BCUT2D eigenvalue weighted by Gasteiger charge is -2.07. The summed E-state index contributed by atoms with van der Waals surface area (Å²) in [6, 6.07) is 12.0. The fourth-order valence-electron chi connectivity index (χ4n) is 1.85. The molecule has 2 N–H and O–H groups in total. The van der Waals surface area contributed by atoms with Crippen LogP contribution in [0.5, 0.6) is 5.75 Å². The molecular weight excluding hydrogens is 330 g/mol. The van der Waals surface area contributed by atoms with Gasteiger partial charge in [0.1, 0.15) is 5.75 Å². The van der Waals surface area contributed by atoms with Crippen LogP contribution in [0.1, 0.15) is 11.1 Å². The van der Waals surface area contributed by atoms with Gasteiger partial charge in [0.25, 0.3) is 0 Å². The second kappa shape index (κ2) is 8.12. The maximum absolute atomic E-state index is 11.8. The van der Waals surface area contributed by atoms with E-state index in [-0.39, 0.29) is 0 Å². The summed E-state index contributed by atoms with van der Waals surface area (Å²) in [5.41, 5.74) is 4.19. The van der Waals surface area contributed by atoms with Crippen molar-refractivity contribution in [3.05, 3.63) is 58.6 Å². The monoisotopic (exact) mass is 345 g/mol. The molecule has 2 amide bonds. The first-order valence-electron chi connectivity index (χ1n) is 7.04. The number of rotatable bonds is 4. The molecule has 0 atom stereocenters. The molecule has 0 radical (unpaired) electrons. The Kier molecular flexibility index (Phi) is 5.92.